The standard InChI is InChI=1S/C20H17NO2S/c1-14(24-13-15-7-6-12-23-15)20(22)21-18-10-4-2-8-16(18)17-9-3-5-11-19(17)21/h2-12,14H,13H2,1H3. The first-order valence-corrected chi connectivity index (χ1v) is 8.97. The first-order valence-electron chi connectivity index (χ1n) is 7.92. The third-order valence-corrected chi connectivity index (χ3v) is 5.36. The molecule has 0 aliphatic carbocycles. The Morgan fingerprint density at radius 2 is 1.62 bits per heavy atom. The van der Waals surface area contributed by atoms with Crippen molar-refractivity contribution in [2.45, 2.75) is 17.9 Å². The Morgan fingerprint density at radius 3 is 2.21 bits per heavy atom. The van der Waals surface area contributed by atoms with Crippen LogP contribution in [0, 0.1) is 0 Å². The minimum absolute atomic E-state index is 0.101. The summed E-state index contributed by atoms with van der Waals surface area (Å²) in [7, 11) is 0. The molecule has 0 saturated heterocycles. The number of benzene rings is 2. The lowest BCUT2D eigenvalue weighted by atomic mass is 10.2. The van der Waals surface area contributed by atoms with Crippen molar-refractivity contribution in [3.8, 4) is 0 Å². The van der Waals surface area contributed by atoms with Crippen LogP contribution in [0.4, 0.5) is 0 Å². The summed E-state index contributed by atoms with van der Waals surface area (Å²) in [6, 6.07) is 20.0. The van der Waals surface area contributed by atoms with Crippen LogP contribution in [0.3, 0.4) is 0 Å². The lowest BCUT2D eigenvalue weighted by Crippen LogP contribution is -2.21. The second kappa shape index (κ2) is 6.21. The molecule has 4 rings (SSSR count). The first-order chi connectivity index (χ1) is 11.8. The molecule has 0 aliphatic rings. The highest BCUT2D eigenvalue weighted by molar-refractivity contribution is 7.99. The van der Waals surface area contributed by atoms with E-state index in [0.29, 0.717) is 5.75 Å². The van der Waals surface area contributed by atoms with Crippen LogP contribution in [0.1, 0.15) is 17.5 Å². The van der Waals surface area contributed by atoms with Crippen LogP contribution in [0.5, 0.6) is 0 Å². The highest BCUT2D eigenvalue weighted by atomic mass is 32.2. The van der Waals surface area contributed by atoms with Crippen molar-refractivity contribution >= 4 is 39.5 Å². The number of fused-ring (bicyclic) bond motifs is 3. The summed E-state index contributed by atoms with van der Waals surface area (Å²) < 4.78 is 7.21. The molecule has 0 radical (unpaired) electrons. The summed E-state index contributed by atoms with van der Waals surface area (Å²) in [5, 5.41) is 2.07. The number of para-hydroxylation sites is 2. The maximum Gasteiger partial charge on any atom is 0.244 e. The van der Waals surface area contributed by atoms with Gasteiger partial charge in [-0.05, 0) is 31.2 Å². The molecule has 0 saturated carbocycles. The molecule has 24 heavy (non-hydrogen) atoms. The number of thioether (sulfide) groups is 1. The van der Waals surface area contributed by atoms with Crippen LogP contribution in [-0.2, 0) is 5.75 Å². The number of hydrogen-bond acceptors (Lipinski definition) is 3. The fourth-order valence-corrected chi connectivity index (χ4v) is 3.84. The van der Waals surface area contributed by atoms with Gasteiger partial charge >= 0.3 is 0 Å². The molecule has 0 aliphatic heterocycles. The number of carbonyl (C=O) groups excluding carboxylic acids is 1. The summed E-state index contributed by atoms with van der Waals surface area (Å²) >= 11 is 1.59. The molecule has 0 amide bonds. The van der Waals surface area contributed by atoms with Crippen molar-refractivity contribution in [2.75, 3.05) is 0 Å². The van der Waals surface area contributed by atoms with E-state index in [9.17, 15) is 4.79 Å². The molecule has 4 aromatic rings. The van der Waals surface area contributed by atoms with E-state index in [4.69, 9.17) is 4.42 Å². The molecule has 2 aromatic carbocycles. The lowest BCUT2D eigenvalue weighted by molar-refractivity contribution is 0.0925. The Morgan fingerprint density at radius 1 is 1.00 bits per heavy atom. The smallest absolute Gasteiger partial charge is 0.244 e. The summed E-state index contributed by atoms with van der Waals surface area (Å²) in [5.41, 5.74) is 1.93. The van der Waals surface area contributed by atoms with Crippen molar-refractivity contribution in [2.24, 2.45) is 0 Å². The SMILES string of the molecule is CC(SCc1ccco1)C(=O)n1c2ccccc2c2ccccc21. The summed E-state index contributed by atoms with van der Waals surface area (Å²) in [5.74, 6) is 1.68. The van der Waals surface area contributed by atoms with Gasteiger partial charge in [0.15, 0.2) is 0 Å². The van der Waals surface area contributed by atoms with Gasteiger partial charge in [-0.25, -0.2) is 0 Å². The summed E-state index contributed by atoms with van der Waals surface area (Å²) in [4.78, 5) is 13.1. The molecule has 120 valence electrons. The Balaban J connectivity index is 1.72. The van der Waals surface area contributed by atoms with Gasteiger partial charge in [0.25, 0.3) is 0 Å². The van der Waals surface area contributed by atoms with Crippen LogP contribution >= 0.6 is 11.8 Å². The maximum absolute atomic E-state index is 13.1. The van der Waals surface area contributed by atoms with Gasteiger partial charge in [0, 0.05) is 10.8 Å². The predicted octanol–water partition coefficient (Wildman–Crippen LogP) is 5.35. The van der Waals surface area contributed by atoms with Gasteiger partial charge in [0.2, 0.25) is 5.91 Å². The van der Waals surface area contributed by atoms with Crippen molar-refractivity contribution in [3.05, 3.63) is 72.7 Å². The molecular weight excluding hydrogens is 318 g/mol. The van der Waals surface area contributed by atoms with Gasteiger partial charge in [-0.15, -0.1) is 11.8 Å². The van der Waals surface area contributed by atoms with Crippen LogP contribution in [0.15, 0.2) is 71.3 Å². The van der Waals surface area contributed by atoms with Gasteiger partial charge in [0.05, 0.1) is 28.3 Å². The van der Waals surface area contributed by atoms with Crippen molar-refractivity contribution in [3.63, 3.8) is 0 Å². The van der Waals surface area contributed by atoms with E-state index in [2.05, 4.69) is 12.1 Å². The van der Waals surface area contributed by atoms with Crippen molar-refractivity contribution in [1.82, 2.24) is 4.57 Å². The van der Waals surface area contributed by atoms with E-state index in [0.717, 1.165) is 27.6 Å². The largest absolute Gasteiger partial charge is 0.468 e. The predicted molar refractivity (Wildman–Crippen MR) is 99.5 cm³/mol. The molecule has 1 atom stereocenters. The maximum atomic E-state index is 13.1. The normalized spacial score (nSPS) is 12.7. The second-order valence-corrected chi connectivity index (χ2v) is 7.07. The van der Waals surface area contributed by atoms with E-state index in [1.54, 1.807) is 18.0 Å². The molecule has 4 heteroatoms. The molecular formula is C20H17NO2S. The molecule has 2 heterocycles. The Kier molecular flexibility index (Phi) is 3.90. The number of rotatable bonds is 4. The van der Waals surface area contributed by atoms with E-state index in [-0.39, 0.29) is 11.2 Å². The molecule has 0 N–H and O–H groups in total. The van der Waals surface area contributed by atoms with Gasteiger partial charge in [-0.1, -0.05) is 36.4 Å². The highest BCUT2D eigenvalue weighted by Gasteiger charge is 2.21. The van der Waals surface area contributed by atoms with Gasteiger partial charge in [-0.3, -0.25) is 9.36 Å². The molecule has 0 bridgehead atoms. The number of nitrogens with zero attached hydrogens (tertiary/aromatic N) is 1. The highest BCUT2D eigenvalue weighted by Crippen LogP contribution is 2.30. The minimum atomic E-state index is -0.158. The average Bonchev–Trinajstić information content (AvgIpc) is 3.25. The van der Waals surface area contributed by atoms with E-state index >= 15 is 0 Å². The molecule has 2 aromatic heterocycles. The average molecular weight is 335 g/mol. The third kappa shape index (κ3) is 2.53. The second-order valence-electron chi connectivity index (χ2n) is 5.74. The van der Waals surface area contributed by atoms with Crippen LogP contribution in [0.2, 0.25) is 0 Å². The van der Waals surface area contributed by atoms with Gasteiger partial charge in [-0.2, -0.15) is 0 Å². The fraction of sp³-hybridized carbons (Fsp3) is 0.150. The number of aromatic nitrogens is 1. The van der Waals surface area contributed by atoms with Crippen molar-refractivity contribution < 1.29 is 9.21 Å². The molecule has 1 unspecified atom stereocenters. The number of furan rings is 1. The van der Waals surface area contributed by atoms with E-state index < -0.39 is 0 Å². The fourth-order valence-electron chi connectivity index (χ4n) is 3.01. The number of carbonyl (C=O) groups is 1. The molecule has 3 nitrogen and oxygen atoms in total. The topological polar surface area (TPSA) is 35.1 Å². The first kappa shape index (κ1) is 15.1. The number of hydrogen-bond donors (Lipinski definition) is 0. The third-order valence-electron chi connectivity index (χ3n) is 4.20. The summed E-state index contributed by atoms with van der Waals surface area (Å²) in [6.45, 7) is 1.96. The monoisotopic (exact) mass is 335 g/mol. The zero-order valence-electron chi connectivity index (χ0n) is 13.3. The molecule has 0 fully saturated rings. The minimum Gasteiger partial charge on any atom is -0.468 e. The Labute approximate surface area is 144 Å². The summed E-state index contributed by atoms with van der Waals surface area (Å²) in [6.07, 6.45) is 1.66. The zero-order valence-corrected chi connectivity index (χ0v) is 14.1. The van der Waals surface area contributed by atoms with Crippen LogP contribution in [-0.4, -0.2) is 15.7 Å². The van der Waals surface area contributed by atoms with Crippen LogP contribution in [0.25, 0.3) is 21.8 Å². The quantitative estimate of drug-likeness (QED) is 0.504. The van der Waals surface area contributed by atoms with Crippen LogP contribution < -0.4 is 0 Å². The van der Waals surface area contributed by atoms with Crippen molar-refractivity contribution in [1.29, 1.82) is 0 Å². The Hall–Kier alpha value is -2.46. The molecule has 0 spiro atoms. The van der Waals surface area contributed by atoms with E-state index in [1.165, 1.54) is 0 Å². The van der Waals surface area contributed by atoms with Gasteiger partial charge < -0.3 is 4.42 Å². The zero-order chi connectivity index (χ0) is 16.5. The van der Waals surface area contributed by atoms with E-state index in [1.807, 2.05) is 60.0 Å². The Bertz CT molecular complexity index is 948. The lowest BCUT2D eigenvalue weighted by Gasteiger charge is -2.12. The van der Waals surface area contributed by atoms with Gasteiger partial charge in [0.1, 0.15) is 5.76 Å².